The van der Waals surface area contributed by atoms with Crippen molar-refractivity contribution >= 4 is 5.91 Å². The SMILES string of the molecule is COCc1noc(CCNC(=O)c2cn(C3CCC(N)CC3)nn2)n1. The number of nitrogens with two attached hydrogens (primary N) is 1. The smallest absolute Gasteiger partial charge is 0.273 e. The highest BCUT2D eigenvalue weighted by molar-refractivity contribution is 5.91. The van der Waals surface area contributed by atoms with Gasteiger partial charge < -0.3 is 20.3 Å². The Morgan fingerprint density at radius 2 is 2.24 bits per heavy atom. The summed E-state index contributed by atoms with van der Waals surface area (Å²) in [6.07, 6.45) is 6.01. The number of rotatable bonds is 7. The van der Waals surface area contributed by atoms with Crippen LogP contribution in [0, 0.1) is 0 Å². The summed E-state index contributed by atoms with van der Waals surface area (Å²) in [5, 5.41) is 14.6. The van der Waals surface area contributed by atoms with Crippen molar-refractivity contribution in [1.29, 1.82) is 0 Å². The number of hydrogen-bond donors (Lipinski definition) is 2. The second kappa shape index (κ2) is 8.17. The first-order valence-corrected chi connectivity index (χ1v) is 8.41. The maximum absolute atomic E-state index is 12.2. The molecule has 1 aliphatic rings. The Hall–Kier alpha value is -2.33. The van der Waals surface area contributed by atoms with E-state index in [9.17, 15) is 4.79 Å². The predicted molar refractivity (Wildman–Crippen MR) is 86.6 cm³/mol. The molecule has 0 aromatic carbocycles. The number of nitrogens with one attached hydrogen (secondary N) is 1. The summed E-state index contributed by atoms with van der Waals surface area (Å²) in [4.78, 5) is 16.3. The number of aromatic nitrogens is 5. The third-order valence-electron chi connectivity index (χ3n) is 4.27. The molecular weight excluding hydrogens is 326 g/mol. The molecule has 3 N–H and O–H groups in total. The zero-order valence-corrected chi connectivity index (χ0v) is 14.2. The standard InChI is InChI=1S/C15H23N7O3/c1-24-9-13-18-14(25-20-13)6-7-17-15(23)12-8-22(21-19-12)11-4-2-10(16)3-5-11/h8,10-11H,2-7,9,16H2,1H3,(H,17,23). The third-order valence-corrected chi connectivity index (χ3v) is 4.27. The molecule has 0 aliphatic heterocycles. The van der Waals surface area contributed by atoms with E-state index in [1.54, 1.807) is 18.0 Å². The molecule has 0 saturated heterocycles. The molecule has 0 radical (unpaired) electrons. The molecule has 0 atom stereocenters. The molecule has 136 valence electrons. The highest BCUT2D eigenvalue weighted by Gasteiger charge is 2.22. The van der Waals surface area contributed by atoms with Gasteiger partial charge in [-0.1, -0.05) is 10.4 Å². The van der Waals surface area contributed by atoms with Crippen molar-refractivity contribution in [3.05, 3.63) is 23.6 Å². The van der Waals surface area contributed by atoms with Crippen molar-refractivity contribution < 1.29 is 14.1 Å². The Balaban J connectivity index is 1.46. The maximum atomic E-state index is 12.2. The summed E-state index contributed by atoms with van der Waals surface area (Å²) in [7, 11) is 1.56. The number of nitrogens with zero attached hydrogens (tertiary/aromatic N) is 5. The summed E-state index contributed by atoms with van der Waals surface area (Å²) in [5.74, 6) is 0.670. The van der Waals surface area contributed by atoms with E-state index in [0.717, 1.165) is 25.7 Å². The van der Waals surface area contributed by atoms with Gasteiger partial charge in [-0.2, -0.15) is 4.98 Å². The fourth-order valence-electron chi connectivity index (χ4n) is 2.88. The van der Waals surface area contributed by atoms with Gasteiger partial charge in [-0.15, -0.1) is 5.10 Å². The minimum Gasteiger partial charge on any atom is -0.377 e. The summed E-state index contributed by atoms with van der Waals surface area (Å²) in [6, 6.07) is 0.545. The molecular formula is C15H23N7O3. The lowest BCUT2D eigenvalue weighted by Crippen LogP contribution is -2.28. The van der Waals surface area contributed by atoms with E-state index in [1.165, 1.54) is 0 Å². The zero-order chi connectivity index (χ0) is 17.6. The molecule has 3 rings (SSSR count). The van der Waals surface area contributed by atoms with Crippen molar-refractivity contribution in [2.24, 2.45) is 5.73 Å². The summed E-state index contributed by atoms with van der Waals surface area (Å²) in [5.41, 5.74) is 6.22. The van der Waals surface area contributed by atoms with E-state index in [0.29, 0.717) is 37.0 Å². The molecule has 0 bridgehead atoms. The van der Waals surface area contributed by atoms with Crippen LogP contribution in [0.1, 0.15) is 53.9 Å². The average molecular weight is 349 g/mol. The van der Waals surface area contributed by atoms with Crippen LogP contribution in [0.15, 0.2) is 10.7 Å². The topological polar surface area (TPSA) is 134 Å². The molecule has 1 aliphatic carbocycles. The van der Waals surface area contributed by atoms with Crippen LogP contribution in [-0.4, -0.2) is 50.7 Å². The van der Waals surface area contributed by atoms with E-state index >= 15 is 0 Å². The fourth-order valence-corrected chi connectivity index (χ4v) is 2.88. The summed E-state index contributed by atoms with van der Waals surface area (Å²) < 4.78 is 11.8. The number of hydrogen-bond acceptors (Lipinski definition) is 8. The molecule has 0 spiro atoms. The normalized spacial score (nSPS) is 20.6. The highest BCUT2D eigenvalue weighted by Crippen LogP contribution is 2.26. The van der Waals surface area contributed by atoms with E-state index in [4.69, 9.17) is 15.0 Å². The molecule has 1 saturated carbocycles. The Labute approximate surface area is 145 Å². The number of methoxy groups -OCH3 is 1. The van der Waals surface area contributed by atoms with Gasteiger partial charge >= 0.3 is 0 Å². The van der Waals surface area contributed by atoms with Crippen LogP contribution in [-0.2, 0) is 17.8 Å². The van der Waals surface area contributed by atoms with Gasteiger partial charge in [0.05, 0.1) is 12.2 Å². The van der Waals surface area contributed by atoms with Gasteiger partial charge in [-0.25, -0.2) is 4.68 Å². The highest BCUT2D eigenvalue weighted by atomic mass is 16.5. The van der Waals surface area contributed by atoms with Crippen molar-refractivity contribution in [2.75, 3.05) is 13.7 Å². The number of ether oxygens (including phenoxy) is 1. The second-order valence-electron chi connectivity index (χ2n) is 6.20. The lowest BCUT2D eigenvalue weighted by molar-refractivity contribution is 0.0948. The van der Waals surface area contributed by atoms with E-state index in [1.807, 2.05) is 0 Å². The Kier molecular flexibility index (Phi) is 5.71. The van der Waals surface area contributed by atoms with Crippen LogP contribution in [0.4, 0.5) is 0 Å². The molecule has 10 nitrogen and oxygen atoms in total. The van der Waals surface area contributed by atoms with Gasteiger partial charge in [0.25, 0.3) is 5.91 Å². The summed E-state index contributed by atoms with van der Waals surface area (Å²) >= 11 is 0. The van der Waals surface area contributed by atoms with E-state index < -0.39 is 0 Å². The van der Waals surface area contributed by atoms with Crippen molar-refractivity contribution in [2.45, 2.75) is 50.8 Å². The van der Waals surface area contributed by atoms with Gasteiger partial charge in [-0.05, 0) is 25.7 Å². The van der Waals surface area contributed by atoms with Crippen molar-refractivity contribution in [3.63, 3.8) is 0 Å². The molecule has 2 heterocycles. The van der Waals surface area contributed by atoms with E-state index in [2.05, 4.69) is 25.8 Å². The largest absolute Gasteiger partial charge is 0.377 e. The average Bonchev–Trinajstić information content (AvgIpc) is 3.26. The quantitative estimate of drug-likeness (QED) is 0.725. The molecule has 2 aromatic rings. The van der Waals surface area contributed by atoms with Crippen molar-refractivity contribution in [1.82, 2.24) is 30.5 Å². The maximum Gasteiger partial charge on any atom is 0.273 e. The first-order chi connectivity index (χ1) is 12.2. The molecule has 10 heteroatoms. The molecule has 2 aromatic heterocycles. The minimum atomic E-state index is -0.268. The Bertz CT molecular complexity index is 691. The lowest BCUT2D eigenvalue weighted by atomic mass is 9.92. The number of carbonyl (C=O) groups excluding carboxylic acids is 1. The van der Waals surface area contributed by atoms with Crippen LogP contribution in [0.2, 0.25) is 0 Å². The second-order valence-corrected chi connectivity index (χ2v) is 6.20. The van der Waals surface area contributed by atoms with Crippen LogP contribution in [0.3, 0.4) is 0 Å². The van der Waals surface area contributed by atoms with Gasteiger partial charge in [0.15, 0.2) is 11.5 Å². The van der Waals surface area contributed by atoms with Crippen LogP contribution in [0.25, 0.3) is 0 Å². The van der Waals surface area contributed by atoms with Gasteiger partial charge in [-0.3, -0.25) is 4.79 Å². The molecule has 0 unspecified atom stereocenters. The lowest BCUT2D eigenvalue weighted by Gasteiger charge is -2.25. The van der Waals surface area contributed by atoms with Gasteiger partial charge in [0, 0.05) is 26.1 Å². The minimum absolute atomic E-state index is 0.268. The van der Waals surface area contributed by atoms with Crippen LogP contribution in [0.5, 0.6) is 0 Å². The van der Waals surface area contributed by atoms with Crippen LogP contribution >= 0.6 is 0 Å². The molecule has 25 heavy (non-hydrogen) atoms. The Morgan fingerprint density at radius 1 is 1.44 bits per heavy atom. The Morgan fingerprint density at radius 3 is 3.00 bits per heavy atom. The van der Waals surface area contributed by atoms with Crippen LogP contribution < -0.4 is 11.1 Å². The van der Waals surface area contributed by atoms with E-state index in [-0.39, 0.29) is 18.0 Å². The molecule has 1 fully saturated rings. The predicted octanol–water partition coefficient (Wildman–Crippen LogP) is 0.222. The van der Waals surface area contributed by atoms with Gasteiger partial charge in [0.2, 0.25) is 5.89 Å². The first kappa shape index (κ1) is 17.5. The number of amides is 1. The summed E-state index contributed by atoms with van der Waals surface area (Å²) in [6.45, 7) is 0.670. The van der Waals surface area contributed by atoms with Gasteiger partial charge in [0.1, 0.15) is 6.61 Å². The zero-order valence-electron chi connectivity index (χ0n) is 14.2. The van der Waals surface area contributed by atoms with Crippen molar-refractivity contribution in [3.8, 4) is 0 Å². The monoisotopic (exact) mass is 349 g/mol. The number of carbonyl (C=O) groups is 1. The fraction of sp³-hybridized carbons (Fsp3) is 0.667. The third kappa shape index (κ3) is 4.60. The molecule has 1 amide bonds. The first-order valence-electron chi connectivity index (χ1n) is 8.41.